The van der Waals surface area contributed by atoms with Crippen LogP contribution in [0.3, 0.4) is 0 Å². The van der Waals surface area contributed by atoms with Crippen molar-refractivity contribution in [3.63, 3.8) is 0 Å². The fourth-order valence-corrected chi connectivity index (χ4v) is 2.41. The van der Waals surface area contributed by atoms with Crippen LogP contribution < -0.4 is 10.7 Å². The lowest BCUT2D eigenvalue weighted by Gasteiger charge is -2.08. The Morgan fingerprint density at radius 2 is 2.23 bits per heavy atom. The molecule has 0 radical (unpaired) electrons. The number of hydrogen-bond acceptors (Lipinski definition) is 3. The van der Waals surface area contributed by atoms with Gasteiger partial charge in [0.05, 0.1) is 17.6 Å². The number of amides is 1. The largest absolute Gasteiger partial charge is 0.358 e. The number of nitrogens with zero attached hydrogens (tertiary/aromatic N) is 2. The summed E-state index contributed by atoms with van der Waals surface area (Å²) in [5, 5.41) is 3.34. The SMILES string of the molecule is Cc1cc(=O)c2cccc(C(=O)NCc3nccn3C)c2[nH]1. The Kier molecular flexibility index (Phi) is 3.50. The van der Waals surface area contributed by atoms with Crippen LogP contribution in [0.15, 0.2) is 41.5 Å². The molecule has 0 atom stereocenters. The summed E-state index contributed by atoms with van der Waals surface area (Å²) in [6.45, 7) is 2.12. The van der Waals surface area contributed by atoms with Gasteiger partial charge in [-0.25, -0.2) is 4.98 Å². The predicted octanol–water partition coefficient (Wildman–Crippen LogP) is 1.50. The number of H-pyrrole nitrogens is 1. The molecule has 2 heterocycles. The minimum absolute atomic E-state index is 0.0926. The molecule has 0 unspecified atom stereocenters. The topological polar surface area (TPSA) is 79.8 Å². The number of para-hydroxylation sites is 1. The smallest absolute Gasteiger partial charge is 0.253 e. The number of aromatic amines is 1. The predicted molar refractivity (Wildman–Crippen MR) is 83.7 cm³/mol. The summed E-state index contributed by atoms with van der Waals surface area (Å²) in [6.07, 6.45) is 3.50. The van der Waals surface area contributed by atoms with Crippen LogP contribution >= 0.6 is 0 Å². The lowest BCUT2D eigenvalue weighted by atomic mass is 10.1. The van der Waals surface area contributed by atoms with E-state index in [2.05, 4.69) is 15.3 Å². The second-order valence-corrected chi connectivity index (χ2v) is 5.18. The highest BCUT2D eigenvalue weighted by molar-refractivity contribution is 6.05. The molecule has 0 saturated heterocycles. The number of aryl methyl sites for hydroxylation is 2. The number of nitrogens with one attached hydrogen (secondary N) is 2. The summed E-state index contributed by atoms with van der Waals surface area (Å²) in [5.41, 5.74) is 1.64. The first-order chi connectivity index (χ1) is 10.6. The Labute approximate surface area is 126 Å². The minimum atomic E-state index is -0.241. The van der Waals surface area contributed by atoms with Crippen LogP contribution in [0.5, 0.6) is 0 Å². The molecule has 112 valence electrons. The van der Waals surface area contributed by atoms with Crippen LogP contribution in [0.1, 0.15) is 21.9 Å². The zero-order chi connectivity index (χ0) is 15.7. The fourth-order valence-electron chi connectivity index (χ4n) is 2.41. The first kappa shape index (κ1) is 14.1. The average Bonchev–Trinajstić information content (AvgIpc) is 2.89. The Morgan fingerprint density at radius 3 is 2.95 bits per heavy atom. The maximum atomic E-state index is 12.4. The number of imidazole rings is 1. The highest BCUT2D eigenvalue weighted by Gasteiger charge is 2.12. The molecule has 6 nitrogen and oxygen atoms in total. The van der Waals surface area contributed by atoms with Crippen LogP contribution in [-0.2, 0) is 13.6 Å². The van der Waals surface area contributed by atoms with E-state index in [0.717, 1.165) is 11.5 Å². The molecule has 0 fully saturated rings. The van der Waals surface area contributed by atoms with Crippen LogP contribution in [0.2, 0.25) is 0 Å². The van der Waals surface area contributed by atoms with Gasteiger partial charge in [0.1, 0.15) is 5.82 Å². The molecule has 0 spiro atoms. The maximum absolute atomic E-state index is 12.4. The number of aromatic nitrogens is 3. The molecule has 0 aliphatic rings. The Balaban J connectivity index is 1.94. The number of pyridine rings is 1. The van der Waals surface area contributed by atoms with E-state index in [0.29, 0.717) is 23.0 Å². The lowest BCUT2D eigenvalue weighted by molar-refractivity contribution is 0.0951. The third kappa shape index (κ3) is 2.50. The van der Waals surface area contributed by atoms with Gasteiger partial charge in [0, 0.05) is 36.6 Å². The maximum Gasteiger partial charge on any atom is 0.253 e. The third-order valence-corrected chi connectivity index (χ3v) is 3.57. The van der Waals surface area contributed by atoms with E-state index in [4.69, 9.17) is 0 Å². The molecule has 1 amide bonds. The van der Waals surface area contributed by atoms with Gasteiger partial charge < -0.3 is 14.9 Å². The van der Waals surface area contributed by atoms with E-state index in [1.807, 2.05) is 17.8 Å². The molecule has 0 saturated carbocycles. The van der Waals surface area contributed by atoms with Gasteiger partial charge in [-0.3, -0.25) is 9.59 Å². The van der Waals surface area contributed by atoms with Crippen molar-refractivity contribution >= 4 is 16.8 Å². The van der Waals surface area contributed by atoms with Gasteiger partial charge in [-0.1, -0.05) is 6.07 Å². The van der Waals surface area contributed by atoms with Crippen LogP contribution in [0.4, 0.5) is 0 Å². The van der Waals surface area contributed by atoms with Gasteiger partial charge in [-0.05, 0) is 19.1 Å². The van der Waals surface area contributed by atoms with Gasteiger partial charge >= 0.3 is 0 Å². The van der Waals surface area contributed by atoms with Crippen molar-refractivity contribution < 1.29 is 4.79 Å². The number of carbonyl (C=O) groups excluding carboxylic acids is 1. The third-order valence-electron chi connectivity index (χ3n) is 3.57. The Morgan fingerprint density at radius 1 is 1.41 bits per heavy atom. The van der Waals surface area contributed by atoms with Crippen LogP contribution in [0, 0.1) is 6.92 Å². The second-order valence-electron chi connectivity index (χ2n) is 5.18. The van der Waals surface area contributed by atoms with Crippen molar-refractivity contribution in [1.29, 1.82) is 0 Å². The van der Waals surface area contributed by atoms with Crippen LogP contribution in [0.25, 0.3) is 10.9 Å². The Bertz CT molecular complexity index is 908. The molecule has 22 heavy (non-hydrogen) atoms. The number of hydrogen-bond donors (Lipinski definition) is 2. The van der Waals surface area contributed by atoms with Crippen LogP contribution in [-0.4, -0.2) is 20.4 Å². The quantitative estimate of drug-likeness (QED) is 0.768. The zero-order valence-electron chi connectivity index (χ0n) is 12.4. The minimum Gasteiger partial charge on any atom is -0.358 e. The average molecular weight is 296 g/mol. The molecular formula is C16H16N4O2. The van der Waals surface area contributed by atoms with E-state index in [-0.39, 0.29) is 11.3 Å². The van der Waals surface area contributed by atoms with Crippen molar-refractivity contribution in [2.45, 2.75) is 13.5 Å². The monoisotopic (exact) mass is 296 g/mol. The van der Waals surface area contributed by atoms with Crippen molar-refractivity contribution in [1.82, 2.24) is 19.9 Å². The van der Waals surface area contributed by atoms with Gasteiger partial charge in [0.2, 0.25) is 0 Å². The van der Waals surface area contributed by atoms with E-state index < -0.39 is 0 Å². The molecule has 0 aliphatic carbocycles. The van der Waals surface area contributed by atoms with Gasteiger partial charge in [0.25, 0.3) is 5.91 Å². The number of carbonyl (C=O) groups is 1. The second kappa shape index (κ2) is 5.48. The molecule has 6 heteroatoms. The lowest BCUT2D eigenvalue weighted by Crippen LogP contribution is -2.25. The summed E-state index contributed by atoms with van der Waals surface area (Å²) in [7, 11) is 1.87. The highest BCUT2D eigenvalue weighted by Crippen LogP contribution is 2.14. The summed E-state index contributed by atoms with van der Waals surface area (Å²) in [6, 6.07) is 6.65. The van der Waals surface area contributed by atoms with Gasteiger partial charge in [-0.2, -0.15) is 0 Å². The summed E-state index contributed by atoms with van der Waals surface area (Å²) in [4.78, 5) is 31.7. The zero-order valence-corrected chi connectivity index (χ0v) is 12.4. The van der Waals surface area contributed by atoms with Gasteiger partial charge in [-0.15, -0.1) is 0 Å². The number of benzene rings is 1. The highest BCUT2D eigenvalue weighted by atomic mass is 16.1. The molecule has 3 rings (SSSR count). The standard InChI is InChI=1S/C16H16N4O2/c1-10-8-13(21)11-4-3-5-12(15(11)19-10)16(22)18-9-14-17-6-7-20(14)2/h3-8H,9H2,1-2H3,(H,18,22)(H,19,21). The van der Waals surface area contributed by atoms with E-state index in [9.17, 15) is 9.59 Å². The van der Waals surface area contributed by atoms with Crippen molar-refractivity contribution in [3.8, 4) is 0 Å². The summed E-state index contributed by atoms with van der Waals surface area (Å²) < 4.78 is 1.84. The van der Waals surface area contributed by atoms with Gasteiger partial charge in [0.15, 0.2) is 5.43 Å². The summed E-state index contributed by atoms with van der Waals surface area (Å²) in [5.74, 6) is 0.521. The van der Waals surface area contributed by atoms with Crippen molar-refractivity contribution in [3.05, 3.63) is 64.0 Å². The molecular weight excluding hydrogens is 280 g/mol. The first-order valence-corrected chi connectivity index (χ1v) is 6.93. The normalized spacial score (nSPS) is 10.8. The molecule has 3 aromatic rings. The van der Waals surface area contributed by atoms with Crippen molar-refractivity contribution in [2.75, 3.05) is 0 Å². The number of fused-ring (bicyclic) bond motifs is 1. The number of rotatable bonds is 3. The first-order valence-electron chi connectivity index (χ1n) is 6.93. The molecule has 1 aromatic carbocycles. The Hall–Kier alpha value is -2.89. The molecule has 0 bridgehead atoms. The fraction of sp³-hybridized carbons (Fsp3) is 0.188. The van der Waals surface area contributed by atoms with E-state index >= 15 is 0 Å². The molecule has 2 aromatic heterocycles. The molecule has 0 aliphatic heterocycles. The van der Waals surface area contributed by atoms with Crippen molar-refractivity contribution in [2.24, 2.45) is 7.05 Å². The molecule has 2 N–H and O–H groups in total. The summed E-state index contributed by atoms with van der Waals surface area (Å²) >= 11 is 0. The van der Waals surface area contributed by atoms with E-state index in [1.54, 1.807) is 31.3 Å². The van der Waals surface area contributed by atoms with E-state index in [1.165, 1.54) is 6.07 Å².